The largest absolute Gasteiger partial charge is 0.323 e. The Morgan fingerprint density at radius 1 is 0.767 bits per heavy atom. The molecule has 0 aliphatic heterocycles. The minimum atomic E-state index is -0.476. The van der Waals surface area contributed by atoms with E-state index in [-0.39, 0.29) is 17.4 Å². The average Bonchev–Trinajstić information content (AvgIpc) is 2.78. The van der Waals surface area contributed by atoms with Crippen LogP contribution in [0.4, 0.5) is 11.4 Å². The number of nitro benzene ring substituents is 1. The second-order valence-electron chi connectivity index (χ2n) is 6.36. The van der Waals surface area contributed by atoms with Crippen molar-refractivity contribution in [3.8, 4) is 0 Å². The van der Waals surface area contributed by atoms with Crippen LogP contribution in [-0.2, 0) is 4.79 Å². The van der Waals surface area contributed by atoms with E-state index < -0.39 is 4.92 Å². The molecule has 3 rings (SSSR count). The summed E-state index contributed by atoms with van der Waals surface area (Å²) in [5, 5.41) is 13.4. The van der Waals surface area contributed by atoms with Gasteiger partial charge in [-0.15, -0.1) is 0 Å². The molecule has 6 nitrogen and oxygen atoms in total. The summed E-state index contributed by atoms with van der Waals surface area (Å²) >= 11 is 0. The fraction of sp³-hybridized carbons (Fsp3) is 0. The second-order valence-corrected chi connectivity index (χ2v) is 6.36. The van der Waals surface area contributed by atoms with Gasteiger partial charge in [0.15, 0.2) is 5.78 Å². The third-order valence-corrected chi connectivity index (χ3v) is 4.19. The third-order valence-electron chi connectivity index (χ3n) is 4.19. The fourth-order valence-electron chi connectivity index (χ4n) is 2.61. The number of carbonyl (C=O) groups is 2. The number of ketones is 1. The Kier molecular flexibility index (Phi) is 6.63. The van der Waals surface area contributed by atoms with E-state index in [1.54, 1.807) is 60.7 Å². The van der Waals surface area contributed by atoms with E-state index in [1.165, 1.54) is 24.3 Å². The topological polar surface area (TPSA) is 89.3 Å². The predicted octanol–water partition coefficient (Wildman–Crippen LogP) is 5.14. The van der Waals surface area contributed by atoms with Crippen molar-refractivity contribution in [3.05, 3.63) is 118 Å². The van der Waals surface area contributed by atoms with Gasteiger partial charge in [0.1, 0.15) is 0 Å². The Hall–Kier alpha value is -4.32. The summed E-state index contributed by atoms with van der Waals surface area (Å²) in [6, 6.07) is 22.0. The van der Waals surface area contributed by atoms with Crippen molar-refractivity contribution in [2.45, 2.75) is 0 Å². The van der Waals surface area contributed by atoms with Gasteiger partial charge in [0.2, 0.25) is 5.91 Å². The molecule has 0 saturated carbocycles. The Bertz CT molecular complexity index is 1100. The van der Waals surface area contributed by atoms with Gasteiger partial charge in [-0.05, 0) is 47.5 Å². The molecule has 0 aliphatic carbocycles. The first-order valence-corrected chi connectivity index (χ1v) is 9.12. The molecule has 0 aliphatic rings. The molecule has 6 heteroatoms. The summed E-state index contributed by atoms with van der Waals surface area (Å²) in [7, 11) is 0. The van der Waals surface area contributed by atoms with Crippen molar-refractivity contribution < 1.29 is 14.5 Å². The third kappa shape index (κ3) is 5.84. The van der Waals surface area contributed by atoms with Crippen LogP contribution in [0, 0.1) is 10.1 Å². The van der Waals surface area contributed by atoms with E-state index in [9.17, 15) is 19.7 Å². The second kappa shape index (κ2) is 9.75. The molecule has 0 bridgehead atoms. The van der Waals surface area contributed by atoms with Gasteiger partial charge in [-0.1, -0.05) is 48.5 Å². The van der Waals surface area contributed by atoms with Crippen LogP contribution in [0.1, 0.15) is 21.5 Å². The number of carbonyl (C=O) groups excluding carboxylic acids is 2. The van der Waals surface area contributed by atoms with Gasteiger partial charge in [0.25, 0.3) is 5.69 Å². The lowest BCUT2D eigenvalue weighted by Crippen LogP contribution is -2.07. The molecule has 1 amide bonds. The predicted molar refractivity (Wildman–Crippen MR) is 117 cm³/mol. The smallest absolute Gasteiger partial charge is 0.269 e. The molecule has 0 radical (unpaired) electrons. The number of allylic oxidation sites excluding steroid dienone is 1. The highest BCUT2D eigenvalue weighted by Crippen LogP contribution is 2.14. The molecular formula is C24H18N2O4. The van der Waals surface area contributed by atoms with E-state index in [0.717, 1.165) is 5.56 Å². The van der Waals surface area contributed by atoms with E-state index >= 15 is 0 Å². The number of non-ortho nitro benzene ring substituents is 1. The minimum absolute atomic E-state index is 0.00351. The highest BCUT2D eigenvalue weighted by Gasteiger charge is 2.03. The molecule has 1 N–H and O–H groups in total. The lowest BCUT2D eigenvalue weighted by Gasteiger charge is -2.02. The lowest BCUT2D eigenvalue weighted by atomic mass is 10.1. The maximum atomic E-state index is 12.1. The molecule has 3 aromatic carbocycles. The van der Waals surface area contributed by atoms with Gasteiger partial charge in [-0.25, -0.2) is 0 Å². The number of rotatable bonds is 7. The minimum Gasteiger partial charge on any atom is -0.323 e. The fourth-order valence-corrected chi connectivity index (χ4v) is 2.61. The molecule has 148 valence electrons. The van der Waals surface area contributed by atoms with E-state index in [2.05, 4.69) is 5.32 Å². The van der Waals surface area contributed by atoms with Crippen molar-refractivity contribution in [1.29, 1.82) is 0 Å². The molecular weight excluding hydrogens is 380 g/mol. The van der Waals surface area contributed by atoms with Crippen LogP contribution < -0.4 is 5.32 Å². The monoisotopic (exact) mass is 398 g/mol. The van der Waals surface area contributed by atoms with E-state index in [4.69, 9.17) is 0 Å². The van der Waals surface area contributed by atoms with E-state index in [1.807, 2.05) is 18.2 Å². The van der Waals surface area contributed by atoms with Gasteiger partial charge < -0.3 is 5.32 Å². The van der Waals surface area contributed by atoms with Gasteiger partial charge >= 0.3 is 0 Å². The standard InChI is InChI=1S/C24H18N2O4/c27-23(20-4-2-1-3-5-20)16-10-18-6-12-21(13-7-18)25-24(28)17-11-19-8-14-22(15-9-19)26(29)30/h1-17H,(H,25,28)/b16-10+,17-11+. The van der Waals surface area contributed by atoms with Crippen LogP contribution in [0.3, 0.4) is 0 Å². The first-order chi connectivity index (χ1) is 14.5. The highest BCUT2D eigenvalue weighted by atomic mass is 16.6. The van der Waals surface area contributed by atoms with Crippen molar-refractivity contribution in [2.24, 2.45) is 0 Å². The summed E-state index contributed by atoms with van der Waals surface area (Å²) < 4.78 is 0. The normalized spacial score (nSPS) is 10.9. The van der Waals surface area contributed by atoms with E-state index in [0.29, 0.717) is 16.8 Å². The number of hydrogen-bond acceptors (Lipinski definition) is 4. The zero-order valence-corrected chi connectivity index (χ0v) is 15.9. The summed E-state index contributed by atoms with van der Waals surface area (Å²) in [5.74, 6) is -0.403. The molecule has 0 aromatic heterocycles. The SMILES string of the molecule is O=C(/C=C/c1ccc([N+](=O)[O-])cc1)Nc1ccc(/C=C/C(=O)c2ccccc2)cc1. The average molecular weight is 398 g/mol. The quantitative estimate of drug-likeness (QED) is 0.258. The first kappa shape index (κ1) is 20.4. The summed E-state index contributed by atoms with van der Waals surface area (Å²) in [6.07, 6.45) is 6.16. The number of hydrogen-bond donors (Lipinski definition) is 1. The number of nitrogens with one attached hydrogen (secondary N) is 1. The van der Waals surface area contributed by atoms with Crippen LogP contribution in [0.2, 0.25) is 0 Å². The summed E-state index contributed by atoms with van der Waals surface area (Å²) in [4.78, 5) is 34.3. The Morgan fingerprint density at radius 2 is 1.33 bits per heavy atom. The Morgan fingerprint density at radius 3 is 1.93 bits per heavy atom. The van der Waals surface area contributed by atoms with Crippen molar-refractivity contribution in [3.63, 3.8) is 0 Å². The van der Waals surface area contributed by atoms with Gasteiger partial charge in [0, 0.05) is 29.5 Å². The van der Waals surface area contributed by atoms with Crippen LogP contribution in [0.15, 0.2) is 91.0 Å². The van der Waals surface area contributed by atoms with Gasteiger partial charge in [-0.3, -0.25) is 19.7 Å². The lowest BCUT2D eigenvalue weighted by molar-refractivity contribution is -0.384. The van der Waals surface area contributed by atoms with Crippen LogP contribution in [0.25, 0.3) is 12.2 Å². The Labute approximate surface area is 173 Å². The molecule has 0 atom stereocenters. The number of amides is 1. The molecule has 30 heavy (non-hydrogen) atoms. The summed E-state index contributed by atoms with van der Waals surface area (Å²) in [5.41, 5.74) is 2.74. The van der Waals surface area contributed by atoms with Gasteiger partial charge in [-0.2, -0.15) is 0 Å². The van der Waals surface area contributed by atoms with Crippen molar-refractivity contribution in [2.75, 3.05) is 5.32 Å². The number of benzene rings is 3. The Balaban J connectivity index is 1.55. The summed E-state index contributed by atoms with van der Waals surface area (Å²) in [6.45, 7) is 0. The van der Waals surface area contributed by atoms with Gasteiger partial charge in [0.05, 0.1) is 4.92 Å². The van der Waals surface area contributed by atoms with Crippen LogP contribution in [0.5, 0.6) is 0 Å². The zero-order valence-electron chi connectivity index (χ0n) is 15.9. The maximum absolute atomic E-state index is 12.1. The van der Waals surface area contributed by atoms with Crippen LogP contribution in [-0.4, -0.2) is 16.6 Å². The molecule has 0 saturated heterocycles. The molecule has 0 unspecified atom stereocenters. The first-order valence-electron chi connectivity index (χ1n) is 9.12. The highest BCUT2D eigenvalue weighted by molar-refractivity contribution is 6.06. The molecule has 0 fully saturated rings. The number of nitro groups is 1. The van der Waals surface area contributed by atoms with Crippen LogP contribution >= 0.6 is 0 Å². The number of anilines is 1. The van der Waals surface area contributed by atoms with Crippen molar-refractivity contribution >= 4 is 35.2 Å². The molecule has 3 aromatic rings. The molecule has 0 heterocycles. The maximum Gasteiger partial charge on any atom is 0.269 e. The number of nitrogens with zero attached hydrogens (tertiary/aromatic N) is 1. The zero-order chi connectivity index (χ0) is 21.3. The van der Waals surface area contributed by atoms with Crippen molar-refractivity contribution in [1.82, 2.24) is 0 Å². The molecule has 0 spiro atoms.